The first-order valence-corrected chi connectivity index (χ1v) is 6.86. The van der Waals surface area contributed by atoms with E-state index >= 15 is 0 Å². The van der Waals surface area contributed by atoms with E-state index in [2.05, 4.69) is 0 Å². The molecular formula is C19H19F. The first-order valence-electron chi connectivity index (χ1n) is 6.86. The predicted molar refractivity (Wildman–Crippen MR) is 83.6 cm³/mol. The van der Waals surface area contributed by atoms with Gasteiger partial charge in [0.15, 0.2) is 0 Å². The van der Waals surface area contributed by atoms with Gasteiger partial charge in [-0.15, -0.1) is 0 Å². The molecule has 2 rings (SSSR count). The second-order valence-corrected chi connectivity index (χ2v) is 5.03. The van der Waals surface area contributed by atoms with Crippen LogP contribution in [0, 0.1) is 5.82 Å². The zero-order valence-electron chi connectivity index (χ0n) is 11.9. The molecule has 0 saturated heterocycles. The largest absolute Gasteiger partial charge is 0.207 e. The minimum absolute atomic E-state index is 0.133. The lowest BCUT2D eigenvalue weighted by atomic mass is 9.97. The summed E-state index contributed by atoms with van der Waals surface area (Å²) in [6.45, 7) is 4.01. The smallest absolute Gasteiger partial charge is 0.126 e. The second-order valence-electron chi connectivity index (χ2n) is 5.03. The molecule has 0 saturated carbocycles. The van der Waals surface area contributed by atoms with Crippen LogP contribution in [0.15, 0.2) is 72.8 Å². The van der Waals surface area contributed by atoms with E-state index in [0.29, 0.717) is 0 Å². The molecule has 2 aromatic carbocycles. The molecule has 0 aliphatic carbocycles. The molecule has 0 bridgehead atoms. The molecule has 0 atom stereocenters. The quantitative estimate of drug-likeness (QED) is 0.650. The molecule has 0 heterocycles. The minimum Gasteiger partial charge on any atom is -0.207 e. The first kappa shape index (κ1) is 14.3. The minimum atomic E-state index is -0.133. The van der Waals surface area contributed by atoms with Crippen molar-refractivity contribution in [3.63, 3.8) is 0 Å². The Bertz CT molecular complexity index is 603. The van der Waals surface area contributed by atoms with Crippen LogP contribution < -0.4 is 0 Å². The highest BCUT2D eigenvalue weighted by atomic mass is 19.1. The van der Waals surface area contributed by atoms with E-state index in [9.17, 15) is 4.39 Å². The van der Waals surface area contributed by atoms with Crippen molar-refractivity contribution >= 4 is 0 Å². The molecule has 0 amide bonds. The third-order valence-electron chi connectivity index (χ3n) is 3.17. The predicted octanol–water partition coefficient (Wildman–Crippen LogP) is 5.74. The Morgan fingerprint density at radius 3 is 1.80 bits per heavy atom. The summed E-state index contributed by atoms with van der Waals surface area (Å²) in [7, 11) is 0. The summed E-state index contributed by atoms with van der Waals surface area (Å²) in [5.41, 5.74) is 2.87. The lowest BCUT2D eigenvalue weighted by Crippen LogP contribution is -1.93. The Hall–Kier alpha value is -2.15. The topological polar surface area (TPSA) is 0 Å². The fourth-order valence-electron chi connectivity index (χ4n) is 2.05. The number of halogens is 1. The van der Waals surface area contributed by atoms with Crippen LogP contribution in [0.25, 0.3) is 11.1 Å². The van der Waals surface area contributed by atoms with Crippen LogP contribution in [0.2, 0.25) is 0 Å². The van der Waals surface area contributed by atoms with Gasteiger partial charge in [-0.05, 0) is 34.7 Å². The number of rotatable bonds is 2. The molecule has 0 aliphatic rings. The van der Waals surface area contributed by atoms with Gasteiger partial charge in [-0.2, -0.15) is 0 Å². The molecule has 0 aromatic heterocycles. The van der Waals surface area contributed by atoms with Crippen molar-refractivity contribution in [3.8, 4) is 11.1 Å². The summed E-state index contributed by atoms with van der Waals surface area (Å²) in [4.78, 5) is 0. The molecule has 0 nitrogen and oxygen atoms in total. The SMILES string of the molecule is CC(C)c1cc(-c2ccccccccc2)ccc1F. The lowest BCUT2D eigenvalue weighted by molar-refractivity contribution is 0.598. The van der Waals surface area contributed by atoms with Crippen LogP contribution in [-0.4, -0.2) is 0 Å². The molecule has 0 spiro atoms. The normalized spacial score (nSPS) is 10.2. The maximum absolute atomic E-state index is 13.8. The molecule has 0 radical (unpaired) electrons. The van der Waals surface area contributed by atoms with E-state index in [-0.39, 0.29) is 11.7 Å². The Labute approximate surface area is 120 Å². The number of benzene rings is 1. The highest BCUT2D eigenvalue weighted by molar-refractivity contribution is 5.63. The van der Waals surface area contributed by atoms with Crippen molar-refractivity contribution in [3.05, 3.63) is 84.2 Å². The Morgan fingerprint density at radius 2 is 1.25 bits per heavy atom. The number of hydrogen-bond acceptors (Lipinski definition) is 0. The summed E-state index contributed by atoms with van der Waals surface area (Å²) in [5.74, 6) is 0.0454. The molecule has 0 fully saturated rings. The highest BCUT2D eigenvalue weighted by Crippen LogP contribution is 2.25. The summed E-state index contributed by atoms with van der Waals surface area (Å²) in [5, 5.41) is 0. The Morgan fingerprint density at radius 1 is 0.700 bits per heavy atom. The van der Waals surface area contributed by atoms with Crippen LogP contribution in [-0.2, 0) is 0 Å². The van der Waals surface area contributed by atoms with Crippen molar-refractivity contribution in [2.45, 2.75) is 19.8 Å². The van der Waals surface area contributed by atoms with Gasteiger partial charge in [0.2, 0.25) is 0 Å². The zero-order chi connectivity index (χ0) is 14.4. The van der Waals surface area contributed by atoms with Gasteiger partial charge in [-0.3, -0.25) is 0 Å². The maximum Gasteiger partial charge on any atom is 0.126 e. The molecule has 102 valence electrons. The first-order chi connectivity index (χ1) is 9.68. The summed E-state index contributed by atoms with van der Waals surface area (Å²) in [6, 6.07) is 23.3. The van der Waals surface area contributed by atoms with Gasteiger partial charge in [0.05, 0.1) is 0 Å². The molecule has 20 heavy (non-hydrogen) atoms. The fourth-order valence-corrected chi connectivity index (χ4v) is 2.05. The standard InChI is InChI=1S/C19H19F/c1-15(2)18-14-17(12-13-19(18)20)16-10-8-6-4-3-5-7-9-11-16/h3-15H,1-2H3. The maximum atomic E-state index is 13.8. The summed E-state index contributed by atoms with van der Waals surface area (Å²) < 4.78 is 13.8. The molecule has 1 heteroatoms. The van der Waals surface area contributed by atoms with Gasteiger partial charge in [0.25, 0.3) is 0 Å². The molecule has 0 unspecified atom stereocenters. The van der Waals surface area contributed by atoms with Crippen LogP contribution in [0.4, 0.5) is 4.39 Å². The molecular weight excluding hydrogens is 247 g/mol. The van der Waals surface area contributed by atoms with Crippen LogP contribution >= 0.6 is 0 Å². The molecule has 0 N–H and O–H groups in total. The van der Waals surface area contributed by atoms with E-state index < -0.39 is 0 Å². The van der Waals surface area contributed by atoms with Gasteiger partial charge in [-0.1, -0.05) is 74.5 Å². The molecule has 0 aliphatic heterocycles. The monoisotopic (exact) mass is 266 g/mol. The van der Waals surface area contributed by atoms with Crippen molar-refractivity contribution < 1.29 is 4.39 Å². The van der Waals surface area contributed by atoms with E-state index in [1.54, 1.807) is 6.07 Å². The second kappa shape index (κ2) is 6.85. The third-order valence-corrected chi connectivity index (χ3v) is 3.17. The lowest BCUT2D eigenvalue weighted by Gasteiger charge is -2.09. The molecule has 2 aromatic rings. The van der Waals surface area contributed by atoms with Crippen molar-refractivity contribution in [2.24, 2.45) is 0 Å². The van der Waals surface area contributed by atoms with E-state index in [0.717, 1.165) is 16.7 Å². The summed E-state index contributed by atoms with van der Waals surface area (Å²) in [6.07, 6.45) is 0. The zero-order valence-corrected chi connectivity index (χ0v) is 11.9. The van der Waals surface area contributed by atoms with E-state index in [1.807, 2.05) is 80.6 Å². The van der Waals surface area contributed by atoms with Crippen LogP contribution in [0.5, 0.6) is 0 Å². The third kappa shape index (κ3) is 3.67. The van der Waals surface area contributed by atoms with Crippen molar-refractivity contribution in [2.75, 3.05) is 0 Å². The van der Waals surface area contributed by atoms with Gasteiger partial charge >= 0.3 is 0 Å². The fraction of sp³-hybridized carbons (Fsp3) is 0.158. The van der Waals surface area contributed by atoms with E-state index in [1.165, 1.54) is 0 Å². The summed E-state index contributed by atoms with van der Waals surface area (Å²) >= 11 is 0. The van der Waals surface area contributed by atoms with Gasteiger partial charge in [0, 0.05) is 0 Å². The Balaban J connectivity index is 2.54. The van der Waals surface area contributed by atoms with E-state index in [4.69, 9.17) is 0 Å². The highest BCUT2D eigenvalue weighted by Gasteiger charge is 2.07. The van der Waals surface area contributed by atoms with Gasteiger partial charge in [0.1, 0.15) is 5.82 Å². The van der Waals surface area contributed by atoms with Crippen LogP contribution in [0.3, 0.4) is 0 Å². The van der Waals surface area contributed by atoms with Crippen molar-refractivity contribution in [1.29, 1.82) is 0 Å². The van der Waals surface area contributed by atoms with Gasteiger partial charge in [-0.25, -0.2) is 4.39 Å². The average Bonchev–Trinajstić information content (AvgIpc) is 2.45. The van der Waals surface area contributed by atoms with Crippen LogP contribution in [0.1, 0.15) is 25.3 Å². The van der Waals surface area contributed by atoms with Gasteiger partial charge < -0.3 is 0 Å². The van der Waals surface area contributed by atoms with Crippen molar-refractivity contribution in [1.82, 2.24) is 0 Å². The number of hydrogen-bond donors (Lipinski definition) is 0. The Kier molecular flexibility index (Phi) is 4.89. The average molecular weight is 266 g/mol.